The number of nitrogens with one attached hydrogen (secondary N) is 2. The minimum absolute atomic E-state index is 0.122. The van der Waals surface area contributed by atoms with Gasteiger partial charge in [-0.25, -0.2) is 0 Å². The van der Waals surface area contributed by atoms with Crippen molar-refractivity contribution in [3.63, 3.8) is 0 Å². The van der Waals surface area contributed by atoms with Crippen molar-refractivity contribution < 1.29 is 14.3 Å². The number of amides is 1. The molecule has 2 N–H and O–H groups in total. The van der Waals surface area contributed by atoms with Crippen LogP contribution < -0.4 is 20.1 Å². The van der Waals surface area contributed by atoms with E-state index in [-0.39, 0.29) is 12.5 Å². The van der Waals surface area contributed by atoms with Gasteiger partial charge in [0.05, 0.1) is 26.5 Å². The second-order valence-electron chi connectivity index (χ2n) is 5.22. The van der Waals surface area contributed by atoms with Crippen molar-refractivity contribution in [2.24, 2.45) is 0 Å². The average molecular weight is 314 g/mol. The molecule has 0 radical (unpaired) electrons. The zero-order valence-electron chi connectivity index (χ0n) is 13.9. The molecule has 0 aromatic heterocycles. The molecule has 2 rings (SSSR count). The van der Waals surface area contributed by atoms with E-state index < -0.39 is 0 Å². The van der Waals surface area contributed by atoms with Gasteiger partial charge in [-0.3, -0.25) is 4.79 Å². The van der Waals surface area contributed by atoms with Crippen molar-refractivity contribution in [2.45, 2.75) is 13.8 Å². The third-order valence-corrected chi connectivity index (χ3v) is 3.72. The number of benzene rings is 2. The first-order chi connectivity index (χ1) is 11.0. The second kappa shape index (κ2) is 7.54. The lowest BCUT2D eigenvalue weighted by molar-refractivity contribution is -0.114. The Kier molecular flexibility index (Phi) is 5.46. The SMILES string of the molecule is COc1ccc(OC)c(NCC(=O)Nc2cccc(C)c2C)c1. The molecule has 0 spiro atoms. The zero-order chi connectivity index (χ0) is 16.8. The van der Waals surface area contributed by atoms with E-state index in [1.165, 1.54) is 0 Å². The van der Waals surface area contributed by atoms with E-state index >= 15 is 0 Å². The first-order valence-electron chi connectivity index (χ1n) is 7.37. The summed E-state index contributed by atoms with van der Waals surface area (Å²) in [4.78, 5) is 12.2. The van der Waals surface area contributed by atoms with Crippen LogP contribution in [0, 0.1) is 13.8 Å². The summed E-state index contributed by atoms with van der Waals surface area (Å²) < 4.78 is 10.5. The Balaban J connectivity index is 2.03. The third-order valence-electron chi connectivity index (χ3n) is 3.72. The summed E-state index contributed by atoms with van der Waals surface area (Å²) in [5.41, 5.74) is 3.75. The van der Waals surface area contributed by atoms with Crippen LogP contribution in [-0.4, -0.2) is 26.7 Å². The zero-order valence-corrected chi connectivity index (χ0v) is 13.9. The summed E-state index contributed by atoms with van der Waals surface area (Å²) in [5.74, 6) is 1.23. The number of carbonyl (C=O) groups excluding carboxylic acids is 1. The molecule has 1 amide bonds. The van der Waals surface area contributed by atoms with Crippen molar-refractivity contribution in [3.8, 4) is 11.5 Å². The highest BCUT2D eigenvalue weighted by Gasteiger charge is 2.09. The number of ether oxygens (including phenoxy) is 2. The Morgan fingerprint density at radius 3 is 2.52 bits per heavy atom. The predicted octanol–water partition coefficient (Wildman–Crippen LogP) is 3.37. The second-order valence-corrected chi connectivity index (χ2v) is 5.22. The van der Waals surface area contributed by atoms with Gasteiger partial charge in [0.25, 0.3) is 0 Å². The fourth-order valence-corrected chi connectivity index (χ4v) is 2.21. The van der Waals surface area contributed by atoms with E-state index in [2.05, 4.69) is 10.6 Å². The Hall–Kier alpha value is -2.69. The summed E-state index contributed by atoms with van der Waals surface area (Å²) in [6.45, 7) is 4.14. The number of carbonyl (C=O) groups is 1. The van der Waals surface area contributed by atoms with Gasteiger partial charge in [-0.15, -0.1) is 0 Å². The normalized spacial score (nSPS) is 10.1. The molecule has 5 heteroatoms. The molecule has 0 aliphatic heterocycles. The first-order valence-corrected chi connectivity index (χ1v) is 7.37. The maximum atomic E-state index is 12.2. The first kappa shape index (κ1) is 16.7. The van der Waals surface area contributed by atoms with Crippen molar-refractivity contribution in [1.29, 1.82) is 0 Å². The number of methoxy groups -OCH3 is 2. The largest absolute Gasteiger partial charge is 0.497 e. The number of aryl methyl sites for hydroxylation is 1. The Bertz CT molecular complexity index is 699. The van der Waals surface area contributed by atoms with Gasteiger partial charge in [0.15, 0.2) is 0 Å². The van der Waals surface area contributed by atoms with E-state index in [9.17, 15) is 4.79 Å². The molecule has 2 aromatic rings. The molecule has 0 saturated heterocycles. The fourth-order valence-electron chi connectivity index (χ4n) is 2.21. The van der Waals surface area contributed by atoms with Gasteiger partial charge in [-0.2, -0.15) is 0 Å². The summed E-state index contributed by atoms with van der Waals surface area (Å²) in [6.07, 6.45) is 0. The van der Waals surface area contributed by atoms with Crippen LogP contribution in [0.5, 0.6) is 11.5 Å². The maximum absolute atomic E-state index is 12.2. The monoisotopic (exact) mass is 314 g/mol. The Morgan fingerprint density at radius 1 is 1.04 bits per heavy atom. The van der Waals surface area contributed by atoms with Crippen LogP contribution in [0.25, 0.3) is 0 Å². The number of hydrogen-bond donors (Lipinski definition) is 2. The van der Waals surface area contributed by atoms with Crippen LogP contribution in [0.2, 0.25) is 0 Å². The summed E-state index contributed by atoms with van der Waals surface area (Å²) in [7, 11) is 3.18. The van der Waals surface area contributed by atoms with Gasteiger partial charge >= 0.3 is 0 Å². The topological polar surface area (TPSA) is 59.6 Å². The number of anilines is 2. The lowest BCUT2D eigenvalue weighted by atomic mass is 10.1. The van der Waals surface area contributed by atoms with Crippen LogP contribution in [0.15, 0.2) is 36.4 Å². The van der Waals surface area contributed by atoms with Crippen LogP contribution in [0.4, 0.5) is 11.4 Å². The number of rotatable bonds is 6. The molecular weight excluding hydrogens is 292 g/mol. The van der Waals surface area contributed by atoms with Crippen molar-refractivity contribution in [3.05, 3.63) is 47.5 Å². The molecule has 0 fully saturated rings. The van der Waals surface area contributed by atoms with Gasteiger partial charge in [-0.1, -0.05) is 12.1 Å². The minimum atomic E-state index is -0.122. The molecule has 0 aliphatic rings. The molecule has 122 valence electrons. The molecule has 0 unspecified atom stereocenters. The lowest BCUT2D eigenvalue weighted by Gasteiger charge is -2.14. The molecule has 0 saturated carbocycles. The molecule has 0 heterocycles. The van der Waals surface area contributed by atoms with E-state index in [1.807, 2.05) is 32.0 Å². The van der Waals surface area contributed by atoms with Crippen LogP contribution in [-0.2, 0) is 4.79 Å². The van der Waals surface area contributed by atoms with Gasteiger partial charge in [0.2, 0.25) is 5.91 Å². The highest BCUT2D eigenvalue weighted by atomic mass is 16.5. The van der Waals surface area contributed by atoms with Crippen molar-refractivity contribution in [1.82, 2.24) is 0 Å². The van der Waals surface area contributed by atoms with Crippen LogP contribution >= 0.6 is 0 Å². The Morgan fingerprint density at radius 2 is 1.83 bits per heavy atom. The van der Waals surface area contributed by atoms with Gasteiger partial charge in [0.1, 0.15) is 11.5 Å². The minimum Gasteiger partial charge on any atom is -0.497 e. The Labute approximate surface area is 136 Å². The van der Waals surface area contributed by atoms with E-state index in [0.29, 0.717) is 17.2 Å². The molecule has 0 bridgehead atoms. The van der Waals surface area contributed by atoms with E-state index in [4.69, 9.17) is 9.47 Å². The molecule has 5 nitrogen and oxygen atoms in total. The highest BCUT2D eigenvalue weighted by molar-refractivity contribution is 5.94. The lowest BCUT2D eigenvalue weighted by Crippen LogP contribution is -2.22. The van der Waals surface area contributed by atoms with Crippen LogP contribution in [0.1, 0.15) is 11.1 Å². The predicted molar refractivity (Wildman–Crippen MR) is 92.6 cm³/mol. The highest BCUT2D eigenvalue weighted by Crippen LogP contribution is 2.28. The fraction of sp³-hybridized carbons (Fsp3) is 0.278. The average Bonchev–Trinajstić information content (AvgIpc) is 2.56. The summed E-state index contributed by atoms with van der Waals surface area (Å²) >= 11 is 0. The van der Waals surface area contributed by atoms with Crippen molar-refractivity contribution in [2.75, 3.05) is 31.4 Å². The van der Waals surface area contributed by atoms with Crippen LogP contribution in [0.3, 0.4) is 0 Å². The van der Waals surface area contributed by atoms with Crippen molar-refractivity contribution >= 4 is 17.3 Å². The molecular formula is C18H22N2O3. The summed E-state index contributed by atoms with van der Waals surface area (Å²) in [6, 6.07) is 11.2. The standard InChI is InChI=1S/C18H22N2O3/c1-12-6-5-7-15(13(12)2)20-18(21)11-19-16-10-14(22-3)8-9-17(16)23-4/h5-10,19H,11H2,1-4H3,(H,20,21). The molecule has 0 aliphatic carbocycles. The van der Waals surface area contributed by atoms with Gasteiger partial charge in [-0.05, 0) is 43.2 Å². The quantitative estimate of drug-likeness (QED) is 0.858. The van der Waals surface area contributed by atoms with Gasteiger partial charge in [0, 0.05) is 11.8 Å². The maximum Gasteiger partial charge on any atom is 0.243 e. The molecule has 23 heavy (non-hydrogen) atoms. The molecule has 2 aromatic carbocycles. The smallest absolute Gasteiger partial charge is 0.243 e. The van der Waals surface area contributed by atoms with Gasteiger partial charge < -0.3 is 20.1 Å². The van der Waals surface area contributed by atoms with E-state index in [1.54, 1.807) is 32.4 Å². The third kappa shape index (κ3) is 4.16. The number of hydrogen-bond acceptors (Lipinski definition) is 4. The summed E-state index contributed by atoms with van der Waals surface area (Å²) in [5, 5.41) is 5.99. The molecule has 0 atom stereocenters. The van der Waals surface area contributed by atoms with E-state index in [0.717, 1.165) is 16.8 Å².